The molecule has 0 unspecified atom stereocenters. The molecule has 0 radical (unpaired) electrons. The van der Waals surface area contributed by atoms with Crippen LogP contribution in [0.1, 0.15) is 32.1 Å². The SMILES string of the molecule is COCCN1CC2(CCN(C(=O)C3CC=CC3)CC2)CC1=O. The second-order valence-corrected chi connectivity index (χ2v) is 6.95. The fraction of sp³-hybridized carbons (Fsp3) is 0.765. The zero-order valence-electron chi connectivity index (χ0n) is 13.4. The molecule has 5 nitrogen and oxygen atoms in total. The van der Waals surface area contributed by atoms with Crippen LogP contribution < -0.4 is 0 Å². The summed E-state index contributed by atoms with van der Waals surface area (Å²) in [7, 11) is 1.66. The van der Waals surface area contributed by atoms with Crippen LogP contribution in [0, 0.1) is 11.3 Å². The highest BCUT2D eigenvalue weighted by Crippen LogP contribution is 2.41. The van der Waals surface area contributed by atoms with Crippen molar-refractivity contribution in [1.29, 1.82) is 0 Å². The van der Waals surface area contributed by atoms with E-state index in [0.717, 1.165) is 45.3 Å². The largest absolute Gasteiger partial charge is 0.383 e. The first-order chi connectivity index (χ1) is 10.6. The lowest BCUT2D eigenvalue weighted by Gasteiger charge is -2.39. The maximum atomic E-state index is 12.5. The summed E-state index contributed by atoms with van der Waals surface area (Å²) < 4.78 is 5.08. The maximum Gasteiger partial charge on any atom is 0.226 e. The van der Waals surface area contributed by atoms with E-state index >= 15 is 0 Å². The number of carbonyl (C=O) groups excluding carboxylic acids is 2. The number of amides is 2. The first-order valence-corrected chi connectivity index (χ1v) is 8.34. The first kappa shape index (κ1) is 15.5. The Morgan fingerprint density at radius 3 is 2.64 bits per heavy atom. The van der Waals surface area contributed by atoms with E-state index in [4.69, 9.17) is 4.74 Å². The van der Waals surface area contributed by atoms with Crippen LogP contribution in [0.15, 0.2) is 12.2 Å². The molecule has 2 aliphatic heterocycles. The molecule has 0 saturated carbocycles. The van der Waals surface area contributed by atoms with Crippen LogP contribution in [-0.4, -0.2) is 61.5 Å². The van der Waals surface area contributed by atoms with Crippen molar-refractivity contribution in [3.8, 4) is 0 Å². The van der Waals surface area contributed by atoms with Crippen molar-refractivity contribution in [1.82, 2.24) is 9.80 Å². The minimum atomic E-state index is 0.0928. The molecule has 0 bridgehead atoms. The molecule has 0 aromatic rings. The van der Waals surface area contributed by atoms with Gasteiger partial charge in [0.15, 0.2) is 0 Å². The van der Waals surface area contributed by atoms with E-state index in [0.29, 0.717) is 25.5 Å². The van der Waals surface area contributed by atoms with Crippen LogP contribution >= 0.6 is 0 Å². The molecule has 22 heavy (non-hydrogen) atoms. The summed E-state index contributed by atoms with van der Waals surface area (Å²) >= 11 is 0. The number of methoxy groups -OCH3 is 1. The Morgan fingerprint density at radius 2 is 2.00 bits per heavy atom. The summed E-state index contributed by atoms with van der Waals surface area (Å²) in [5.41, 5.74) is 0.0928. The predicted octanol–water partition coefficient (Wildman–Crippen LogP) is 1.44. The number of likely N-dealkylation sites (tertiary alicyclic amines) is 2. The van der Waals surface area contributed by atoms with Gasteiger partial charge in [0.1, 0.15) is 0 Å². The fourth-order valence-corrected chi connectivity index (χ4v) is 4.00. The van der Waals surface area contributed by atoms with E-state index in [9.17, 15) is 9.59 Å². The van der Waals surface area contributed by atoms with Gasteiger partial charge in [-0.15, -0.1) is 0 Å². The third-order valence-corrected chi connectivity index (χ3v) is 5.46. The Hall–Kier alpha value is -1.36. The molecule has 3 rings (SSSR count). The molecule has 0 aromatic heterocycles. The zero-order valence-corrected chi connectivity index (χ0v) is 13.4. The van der Waals surface area contributed by atoms with Crippen LogP contribution in [0.3, 0.4) is 0 Å². The minimum absolute atomic E-state index is 0.0928. The predicted molar refractivity (Wildman–Crippen MR) is 83.2 cm³/mol. The number of allylic oxidation sites excluding steroid dienone is 2. The van der Waals surface area contributed by atoms with Gasteiger partial charge in [0, 0.05) is 51.0 Å². The normalized spacial score (nSPS) is 24.7. The molecule has 2 amide bonds. The maximum absolute atomic E-state index is 12.5. The third-order valence-electron chi connectivity index (χ3n) is 5.46. The summed E-state index contributed by atoms with van der Waals surface area (Å²) in [4.78, 5) is 28.6. The van der Waals surface area contributed by atoms with Gasteiger partial charge in [0.25, 0.3) is 0 Å². The number of hydrogen-bond acceptors (Lipinski definition) is 3. The summed E-state index contributed by atoms with van der Waals surface area (Å²) in [5.74, 6) is 0.717. The highest BCUT2D eigenvalue weighted by molar-refractivity contribution is 5.81. The van der Waals surface area contributed by atoms with Gasteiger partial charge in [-0.25, -0.2) is 0 Å². The van der Waals surface area contributed by atoms with Gasteiger partial charge in [0.05, 0.1) is 6.61 Å². The molecular formula is C17H26N2O3. The summed E-state index contributed by atoms with van der Waals surface area (Å²) in [6.07, 6.45) is 8.55. The average molecular weight is 306 g/mol. The Morgan fingerprint density at radius 1 is 1.32 bits per heavy atom. The second-order valence-electron chi connectivity index (χ2n) is 6.95. The molecule has 0 atom stereocenters. The molecule has 122 valence electrons. The van der Waals surface area contributed by atoms with Crippen molar-refractivity contribution in [2.75, 3.05) is 39.9 Å². The molecule has 3 aliphatic rings. The lowest BCUT2D eigenvalue weighted by Crippen LogP contribution is -2.46. The van der Waals surface area contributed by atoms with Gasteiger partial charge in [-0.1, -0.05) is 12.2 Å². The highest BCUT2D eigenvalue weighted by atomic mass is 16.5. The van der Waals surface area contributed by atoms with Crippen LogP contribution in [0.5, 0.6) is 0 Å². The molecular weight excluding hydrogens is 280 g/mol. The zero-order chi connectivity index (χ0) is 15.6. The van der Waals surface area contributed by atoms with Crippen molar-refractivity contribution in [2.24, 2.45) is 11.3 Å². The van der Waals surface area contributed by atoms with Gasteiger partial charge < -0.3 is 14.5 Å². The molecule has 2 saturated heterocycles. The molecule has 2 heterocycles. The number of nitrogens with zero attached hydrogens (tertiary/aromatic N) is 2. The first-order valence-electron chi connectivity index (χ1n) is 8.34. The topological polar surface area (TPSA) is 49.9 Å². The van der Waals surface area contributed by atoms with E-state index in [1.54, 1.807) is 7.11 Å². The Kier molecular flexibility index (Phi) is 4.52. The summed E-state index contributed by atoms with van der Waals surface area (Å²) in [6.45, 7) is 3.73. The highest BCUT2D eigenvalue weighted by Gasteiger charge is 2.45. The average Bonchev–Trinajstić information content (AvgIpc) is 3.14. The number of piperidine rings is 1. The molecule has 0 aromatic carbocycles. The van der Waals surface area contributed by atoms with E-state index in [-0.39, 0.29) is 17.2 Å². The smallest absolute Gasteiger partial charge is 0.226 e. The van der Waals surface area contributed by atoms with Gasteiger partial charge in [-0.2, -0.15) is 0 Å². The van der Waals surface area contributed by atoms with Crippen molar-refractivity contribution < 1.29 is 14.3 Å². The number of hydrogen-bond donors (Lipinski definition) is 0. The minimum Gasteiger partial charge on any atom is -0.383 e. The van der Waals surface area contributed by atoms with Crippen LogP contribution in [-0.2, 0) is 14.3 Å². The Labute approximate surface area is 132 Å². The quantitative estimate of drug-likeness (QED) is 0.739. The lowest BCUT2D eigenvalue weighted by molar-refractivity contribution is -0.137. The van der Waals surface area contributed by atoms with Gasteiger partial charge in [-0.05, 0) is 25.7 Å². The molecule has 1 spiro atoms. The van der Waals surface area contributed by atoms with Gasteiger partial charge in [-0.3, -0.25) is 9.59 Å². The molecule has 5 heteroatoms. The summed E-state index contributed by atoms with van der Waals surface area (Å²) in [6, 6.07) is 0. The van der Waals surface area contributed by atoms with Crippen LogP contribution in [0.2, 0.25) is 0 Å². The monoisotopic (exact) mass is 306 g/mol. The molecule has 1 aliphatic carbocycles. The third kappa shape index (κ3) is 3.05. The van der Waals surface area contributed by atoms with Crippen LogP contribution in [0.4, 0.5) is 0 Å². The van der Waals surface area contributed by atoms with E-state index in [2.05, 4.69) is 12.2 Å². The standard InChI is InChI=1S/C17H26N2O3/c1-22-11-10-19-13-17(12-15(19)20)6-8-18(9-7-17)16(21)14-4-2-3-5-14/h2-3,14H,4-13H2,1H3. The van der Waals surface area contributed by atoms with Crippen molar-refractivity contribution >= 4 is 11.8 Å². The Balaban J connectivity index is 1.53. The van der Waals surface area contributed by atoms with Gasteiger partial charge >= 0.3 is 0 Å². The molecule has 2 fully saturated rings. The van der Waals surface area contributed by atoms with Crippen LogP contribution in [0.25, 0.3) is 0 Å². The number of rotatable bonds is 4. The van der Waals surface area contributed by atoms with E-state index in [1.807, 2.05) is 9.80 Å². The van der Waals surface area contributed by atoms with Crippen molar-refractivity contribution in [3.63, 3.8) is 0 Å². The van der Waals surface area contributed by atoms with Crippen molar-refractivity contribution in [3.05, 3.63) is 12.2 Å². The molecule has 0 N–H and O–H groups in total. The van der Waals surface area contributed by atoms with E-state index in [1.165, 1.54) is 0 Å². The van der Waals surface area contributed by atoms with E-state index < -0.39 is 0 Å². The summed E-state index contributed by atoms with van der Waals surface area (Å²) in [5, 5.41) is 0. The van der Waals surface area contributed by atoms with Crippen molar-refractivity contribution in [2.45, 2.75) is 32.1 Å². The fourth-order valence-electron chi connectivity index (χ4n) is 4.00. The number of ether oxygens (including phenoxy) is 1. The lowest BCUT2D eigenvalue weighted by atomic mass is 9.77. The Bertz CT molecular complexity index is 459. The van der Waals surface area contributed by atoms with Gasteiger partial charge in [0.2, 0.25) is 11.8 Å². The second kappa shape index (κ2) is 6.41. The number of carbonyl (C=O) groups is 2.